The molecular weight excluding hydrogens is 200 g/mol. The zero-order valence-electron chi connectivity index (χ0n) is 8.31. The fraction of sp³-hybridized carbons (Fsp3) is 0.778. The summed E-state index contributed by atoms with van der Waals surface area (Å²) in [4.78, 5) is 24.0. The first-order valence-corrected chi connectivity index (χ1v) is 4.96. The molecule has 2 rings (SSSR count). The predicted octanol–water partition coefficient (Wildman–Crippen LogP) is -1.21. The smallest absolute Gasteiger partial charge is 0.334 e. The minimum absolute atomic E-state index is 0.104. The molecule has 0 bridgehead atoms. The quantitative estimate of drug-likeness (QED) is 0.601. The Morgan fingerprint density at radius 2 is 2.13 bits per heavy atom. The molecule has 0 spiro atoms. The molecule has 15 heavy (non-hydrogen) atoms. The maximum atomic E-state index is 11.8. The van der Waals surface area contributed by atoms with E-state index >= 15 is 0 Å². The second-order valence-corrected chi connectivity index (χ2v) is 4.10. The van der Waals surface area contributed by atoms with Gasteiger partial charge in [-0.15, -0.1) is 0 Å². The molecule has 1 aliphatic carbocycles. The molecule has 1 aliphatic heterocycles. The molecule has 0 aromatic rings. The number of amides is 1. The number of ether oxygens (including phenoxy) is 1. The molecule has 0 aromatic heterocycles. The van der Waals surface area contributed by atoms with Crippen LogP contribution in [0.4, 0.5) is 0 Å². The Kier molecular flexibility index (Phi) is 2.40. The lowest BCUT2D eigenvalue weighted by Crippen LogP contribution is -2.54. The molecule has 0 radical (unpaired) electrons. The number of nitrogens with zero attached hydrogens (tertiary/aromatic N) is 1. The Bertz CT molecular complexity index is 300. The average molecular weight is 214 g/mol. The van der Waals surface area contributed by atoms with Crippen molar-refractivity contribution in [2.24, 2.45) is 5.73 Å². The van der Waals surface area contributed by atoms with E-state index in [1.807, 2.05) is 0 Å². The summed E-state index contributed by atoms with van der Waals surface area (Å²) in [6.45, 7) is 0.799. The molecule has 1 heterocycles. The molecule has 6 heteroatoms. The highest BCUT2D eigenvalue weighted by Gasteiger charge is 2.49. The van der Waals surface area contributed by atoms with Crippen molar-refractivity contribution in [3.63, 3.8) is 0 Å². The number of carbonyl (C=O) groups excluding carboxylic acids is 1. The number of morpholine rings is 1. The van der Waals surface area contributed by atoms with Crippen LogP contribution in [-0.2, 0) is 14.3 Å². The summed E-state index contributed by atoms with van der Waals surface area (Å²) >= 11 is 0. The highest BCUT2D eigenvalue weighted by Crippen LogP contribution is 2.34. The van der Waals surface area contributed by atoms with Crippen LogP contribution in [-0.4, -0.2) is 53.2 Å². The normalized spacial score (nSPS) is 28.6. The van der Waals surface area contributed by atoms with Gasteiger partial charge in [-0.3, -0.25) is 4.79 Å². The van der Waals surface area contributed by atoms with E-state index in [0.717, 1.165) is 0 Å². The number of nitrogens with two attached hydrogens (primary N) is 1. The molecule has 1 atom stereocenters. The van der Waals surface area contributed by atoms with E-state index in [1.165, 1.54) is 4.90 Å². The van der Waals surface area contributed by atoms with Gasteiger partial charge in [0.05, 0.1) is 18.7 Å². The largest absolute Gasteiger partial charge is 0.479 e. The van der Waals surface area contributed by atoms with Crippen LogP contribution in [0, 0.1) is 0 Å². The lowest BCUT2D eigenvalue weighted by atomic mass is 10.2. The number of carboxylic acid groups (broad SMARTS) is 1. The van der Waals surface area contributed by atoms with Gasteiger partial charge in [-0.2, -0.15) is 0 Å². The molecule has 6 nitrogen and oxygen atoms in total. The Labute approximate surface area is 87.0 Å². The number of carbonyl (C=O) groups is 2. The van der Waals surface area contributed by atoms with Crippen LogP contribution in [0.2, 0.25) is 0 Å². The number of rotatable bonds is 2. The van der Waals surface area contributed by atoms with Gasteiger partial charge in [0.1, 0.15) is 0 Å². The molecule has 2 aliphatic rings. The number of hydrogen-bond donors (Lipinski definition) is 2. The van der Waals surface area contributed by atoms with Gasteiger partial charge in [-0.1, -0.05) is 0 Å². The summed E-state index contributed by atoms with van der Waals surface area (Å²) in [5.41, 5.74) is 5.04. The van der Waals surface area contributed by atoms with E-state index < -0.39 is 17.6 Å². The Balaban J connectivity index is 1.98. The van der Waals surface area contributed by atoms with Crippen molar-refractivity contribution in [2.75, 3.05) is 19.7 Å². The Hall–Kier alpha value is -1.14. The van der Waals surface area contributed by atoms with Crippen LogP contribution in [0.25, 0.3) is 0 Å². The van der Waals surface area contributed by atoms with E-state index in [0.29, 0.717) is 19.4 Å². The number of carboxylic acids is 1. The zero-order chi connectivity index (χ0) is 11.1. The molecule has 1 saturated carbocycles. The van der Waals surface area contributed by atoms with Gasteiger partial charge < -0.3 is 20.5 Å². The van der Waals surface area contributed by atoms with E-state index in [9.17, 15) is 9.59 Å². The van der Waals surface area contributed by atoms with Gasteiger partial charge in [0.2, 0.25) is 5.91 Å². The monoisotopic (exact) mass is 214 g/mol. The summed E-state index contributed by atoms with van der Waals surface area (Å²) in [7, 11) is 0. The topological polar surface area (TPSA) is 92.9 Å². The van der Waals surface area contributed by atoms with Crippen molar-refractivity contribution in [2.45, 2.75) is 24.5 Å². The van der Waals surface area contributed by atoms with Crippen molar-refractivity contribution in [3.05, 3.63) is 0 Å². The first-order valence-electron chi connectivity index (χ1n) is 4.96. The van der Waals surface area contributed by atoms with E-state index in [1.54, 1.807) is 0 Å². The molecule has 1 unspecified atom stereocenters. The third-order valence-corrected chi connectivity index (χ3v) is 2.84. The summed E-state index contributed by atoms with van der Waals surface area (Å²) in [5, 5.41) is 8.76. The molecule has 3 N–H and O–H groups in total. The fourth-order valence-corrected chi connectivity index (χ4v) is 1.65. The van der Waals surface area contributed by atoms with Crippen LogP contribution in [0.1, 0.15) is 12.8 Å². The van der Waals surface area contributed by atoms with Crippen molar-refractivity contribution in [3.8, 4) is 0 Å². The zero-order valence-corrected chi connectivity index (χ0v) is 8.31. The summed E-state index contributed by atoms with van der Waals surface area (Å²) in [6.07, 6.45) is 0.479. The van der Waals surface area contributed by atoms with Gasteiger partial charge in [-0.05, 0) is 12.8 Å². The van der Waals surface area contributed by atoms with Gasteiger partial charge in [0.15, 0.2) is 6.10 Å². The first-order chi connectivity index (χ1) is 7.03. The highest BCUT2D eigenvalue weighted by molar-refractivity contribution is 5.89. The maximum absolute atomic E-state index is 11.8. The minimum atomic E-state index is -1.03. The van der Waals surface area contributed by atoms with Gasteiger partial charge in [0, 0.05) is 6.54 Å². The Morgan fingerprint density at radius 1 is 1.47 bits per heavy atom. The van der Waals surface area contributed by atoms with Crippen molar-refractivity contribution in [1.82, 2.24) is 4.90 Å². The van der Waals surface area contributed by atoms with Gasteiger partial charge in [0.25, 0.3) is 0 Å². The predicted molar refractivity (Wildman–Crippen MR) is 50.1 cm³/mol. The first kappa shape index (κ1) is 10.4. The van der Waals surface area contributed by atoms with Crippen molar-refractivity contribution >= 4 is 11.9 Å². The van der Waals surface area contributed by atoms with E-state index in [2.05, 4.69) is 0 Å². The van der Waals surface area contributed by atoms with Crippen molar-refractivity contribution < 1.29 is 19.4 Å². The molecule has 1 saturated heterocycles. The average Bonchev–Trinajstić information content (AvgIpc) is 2.97. The summed E-state index contributed by atoms with van der Waals surface area (Å²) in [5.74, 6) is -1.17. The van der Waals surface area contributed by atoms with Gasteiger partial charge >= 0.3 is 5.97 Å². The van der Waals surface area contributed by atoms with E-state index in [-0.39, 0.29) is 19.1 Å². The maximum Gasteiger partial charge on any atom is 0.334 e. The van der Waals surface area contributed by atoms with Crippen LogP contribution >= 0.6 is 0 Å². The van der Waals surface area contributed by atoms with Crippen LogP contribution in [0.5, 0.6) is 0 Å². The van der Waals surface area contributed by atoms with Crippen molar-refractivity contribution in [1.29, 1.82) is 0 Å². The van der Waals surface area contributed by atoms with Crippen LogP contribution in [0.15, 0.2) is 0 Å². The standard InChI is InChI=1S/C9H14N2O4/c10-9(1-2-9)8(14)11-3-4-15-6(5-11)7(12)13/h6H,1-5,10H2,(H,12,13). The van der Waals surface area contributed by atoms with E-state index in [4.69, 9.17) is 15.6 Å². The summed E-state index contributed by atoms with van der Waals surface area (Å²) < 4.78 is 5.02. The Morgan fingerprint density at radius 3 is 2.67 bits per heavy atom. The lowest BCUT2D eigenvalue weighted by molar-refractivity contribution is -0.160. The molecule has 0 aromatic carbocycles. The second kappa shape index (κ2) is 3.46. The SMILES string of the molecule is NC1(C(=O)N2CCOC(C(=O)O)C2)CC1. The fourth-order valence-electron chi connectivity index (χ4n) is 1.65. The minimum Gasteiger partial charge on any atom is -0.479 e. The van der Waals surface area contributed by atoms with Gasteiger partial charge in [-0.25, -0.2) is 4.79 Å². The number of aliphatic carboxylic acids is 1. The van der Waals surface area contributed by atoms with Crippen LogP contribution in [0.3, 0.4) is 0 Å². The molecular formula is C9H14N2O4. The lowest BCUT2D eigenvalue weighted by Gasteiger charge is -2.32. The third kappa shape index (κ3) is 1.95. The second-order valence-electron chi connectivity index (χ2n) is 4.10. The molecule has 2 fully saturated rings. The van der Waals surface area contributed by atoms with Crippen LogP contribution < -0.4 is 5.73 Å². The number of hydrogen-bond acceptors (Lipinski definition) is 4. The third-order valence-electron chi connectivity index (χ3n) is 2.84. The molecule has 84 valence electrons. The molecule has 1 amide bonds. The highest BCUT2D eigenvalue weighted by atomic mass is 16.5. The summed E-state index contributed by atoms with van der Waals surface area (Å²) in [6, 6.07) is 0.